The molecule has 1 radical (unpaired) electrons. The molecule has 15 heavy (non-hydrogen) atoms. The molecule has 0 fully saturated rings. The van der Waals surface area contributed by atoms with E-state index < -0.39 is 0 Å². The Balaban J connectivity index is 4.08. The lowest BCUT2D eigenvalue weighted by atomic mass is 10.2. The molecule has 0 aromatic heterocycles. The first kappa shape index (κ1) is 15.2. The molecule has 0 amide bonds. The van der Waals surface area contributed by atoms with E-state index in [9.17, 15) is 0 Å². The van der Waals surface area contributed by atoms with Crippen molar-refractivity contribution in [2.45, 2.75) is 78.4 Å². The lowest BCUT2D eigenvalue weighted by molar-refractivity contribution is 0.589. The molecule has 0 aliphatic rings. The van der Waals surface area contributed by atoms with E-state index in [0.717, 1.165) is 11.8 Å². The third-order valence-electron chi connectivity index (χ3n) is 3.11. The molecule has 0 saturated heterocycles. The van der Waals surface area contributed by atoms with Gasteiger partial charge in [0.15, 0.2) is 0 Å². The summed E-state index contributed by atoms with van der Waals surface area (Å²) < 4.78 is 0. The molecule has 1 heteroatoms. The lowest BCUT2D eigenvalue weighted by Crippen LogP contribution is -2.26. The first-order valence-corrected chi connectivity index (χ1v) is 8.50. The van der Waals surface area contributed by atoms with Crippen LogP contribution in [0.2, 0.25) is 17.1 Å². The molecule has 0 rings (SSSR count). The Morgan fingerprint density at radius 3 is 1.33 bits per heavy atom. The molecule has 0 atom stereocenters. The maximum absolute atomic E-state index is 2.45. The summed E-state index contributed by atoms with van der Waals surface area (Å²) in [4.78, 5) is 0. The maximum atomic E-state index is 2.45. The molecular weight excluding hydrogens is 196 g/mol. The molecule has 0 saturated carbocycles. The van der Waals surface area contributed by atoms with E-state index in [1.807, 2.05) is 0 Å². The largest absolute Gasteiger partial charge is 0.0628 e. The Labute approximate surface area is 99.5 Å². The Bertz CT molecular complexity index is 141. The minimum Gasteiger partial charge on any atom is -0.0628 e. The molecule has 0 N–H and O–H groups in total. The van der Waals surface area contributed by atoms with Crippen LogP contribution in [0.3, 0.4) is 0 Å². The summed E-state index contributed by atoms with van der Waals surface area (Å²) in [5, 5.41) is 0.592. The SMILES string of the molecule is CC(C)CC[Si](CCC(C)C)C(C)(C)C. The van der Waals surface area contributed by atoms with Crippen molar-refractivity contribution in [1.29, 1.82) is 0 Å². The normalized spacial score (nSPS) is 13.2. The van der Waals surface area contributed by atoms with Gasteiger partial charge in [-0.3, -0.25) is 0 Å². The predicted molar refractivity (Wildman–Crippen MR) is 74.0 cm³/mol. The molecule has 0 heterocycles. The van der Waals surface area contributed by atoms with Gasteiger partial charge in [0.05, 0.1) is 8.80 Å². The zero-order chi connectivity index (χ0) is 12.1. The second-order valence-electron chi connectivity index (χ2n) is 6.72. The molecule has 0 unspecified atom stereocenters. The molecule has 0 aliphatic carbocycles. The fourth-order valence-corrected chi connectivity index (χ4v) is 5.40. The summed E-state index contributed by atoms with van der Waals surface area (Å²) in [5.41, 5.74) is 0. The fourth-order valence-electron chi connectivity index (χ4n) is 1.80. The summed E-state index contributed by atoms with van der Waals surface area (Å²) in [6.45, 7) is 16.7. The van der Waals surface area contributed by atoms with Crippen LogP contribution in [-0.4, -0.2) is 8.80 Å². The van der Waals surface area contributed by atoms with Gasteiger partial charge in [-0.15, -0.1) is 0 Å². The quantitative estimate of drug-likeness (QED) is 0.535. The van der Waals surface area contributed by atoms with Crippen molar-refractivity contribution in [2.75, 3.05) is 0 Å². The maximum Gasteiger partial charge on any atom is 0.0537 e. The Kier molecular flexibility index (Phi) is 6.82. The van der Waals surface area contributed by atoms with Gasteiger partial charge in [-0.25, -0.2) is 0 Å². The van der Waals surface area contributed by atoms with E-state index in [-0.39, 0.29) is 8.80 Å². The average Bonchev–Trinajstić information content (AvgIpc) is 2.00. The van der Waals surface area contributed by atoms with E-state index >= 15 is 0 Å². The summed E-state index contributed by atoms with van der Waals surface area (Å²) in [6.07, 6.45) is 2.87. The van der Waals surface area contributed by atoms with E-state index in [1.54, 1.807) is 0 Å². The van der Waals surface area contributed by atoms with Crippen molar-refractivity contribution < 1.29 is 0 Å². The topological polar surface area (TPSA) is 0 Å². The summed E-state index contributed by atoms with van der Waals surface area (Å²) in [6, 6.07) is 3.02. The first-order valence-electron chi connectivity index (χ1n) is 6.58. The highest BCUT2D eigenvalue weighted by atomic mass is 28.3. The van der Waals surface area contributed by atoms with Crippen LogP contribution in [0.4, 0.5) is 0 Å². The Hall–Kier alpha value is 0.217. The monoisotopic (exact) mass is 227 g/mol. The first-order chi connectivity index (χ1) is 6.73. The van der Waals surface area contributed by atoms with Gasteiger partial charge in [0.1, 0.15) is 0 Å². The van der Waals surface area contributed by atoms with Gasteiger partial charge in [0, 0.05) is 0 Å². The van der Waals surface area contributed by atoms with Gasteiger partial charge < -0.3 is 0 Å². The predicted octanol–water partition coefficient (Wildman–Crippen LogP) is 5.37. The van der Waals surface area contributed by atoms with Crippen LogP contribution in [0, 0.1) is 11.8 Å². The highest BCUT2D eigenvalue weighted by Crippen LogP contribution is 2.34. The smallest absolute Gasteiger partial charge is 0.0537 e. The zero-order valence-electron chi connectivity index (χ0n) is 12.0. The minimum absolute atomic E-state index is 0.151. The van der Waals surface area contributed by atoms with Crippen LogP contribution < -0.4 is 0 Å². The summed E-state index contributed by atoms with van der Waals surface area (Å²) in [7, 11) is -0.151. The van der Waals surface area contributed by atoms with Gasteiger partial charge >= 0.3 is 0 Å². The van der Waals surface area contributed by atoms with Crippen molar-refractivity contribution in [3.05, 3.63) is 0 Å². The highest BCUT2D eigenvalue weighted by Gasteiger charge is 2.26. The Morgan fingerprint density at radius 2 is 1.13 bits per heavy atom. The van der Waals surface area contributed by atoms with Gasteiger partial charge in [-0.1, -0.05) is 73.4 Å². The molecule has 0 spiro atoms. The molecule has 0 aliphatic heterocycles. The second kappa shape index (κ2) is 6.73. The van der Waals surface area contributed by atoms with Gasteiger partial charge in [-0.05, 0) is 16.9 Å². The number of hydrogen-bond donors (Lipinski definition) is 0. The van der Waals surface area contributed by atoms with Crippen LogP contribution >= 0.6 is 0 Å². The van der Waals surface area contributed by atoms with Crippen molar-refractivity contribution in [3.63, 3.8) is 0 Å². The van der Waals surface area contributed by atoms with Crippen LogP contribution in [0.5, 0.6) is 0 Å². The van der Waals surface area contributed by atoms with Crippen molar-refractivity contribution >= 4 is 8.80 Å². The van der Waals surface area contributed by atoms with E-state index in [2.05, 4.69) is 48.5 Å². The number of hydrogen-bond acceptors (Lipinski definition) is 0. The summed E-state index contributed by atoms with van der Waals surface area (Å²) >= 11 is 0. The molecule has 0 bridgehead atoms. The van der Waals surface area contributed by atoms with E-state index in [1.165, 1.54) is 24.9 Å². The fraction of sp³-hybridized carbons (Fsp3) is 1.00. The van der Waals surface area contributed by atoms with Gasteiger partial charge in [0.2, 0.25) is 0 Å². The van der Waals surface area contributed by atoms with E-state index in [0.29, 0.717) is 5.04 Å². The second-order valence-corrected chi connectivity index (χ2v) is 10.4. The molecule has 0 aromatic carbocycles. The molecular formula is C14H31Si. The third-order valence-corrected chi connectivity index (χ3v) is 7.01. The molecule has 0 aromatic rings. The lowest BCUT2D eigenvalue weighted by Gasteiger charge is -2.30. The molecule has 0 nitrogen and oxygen atoms in total. The van der Waals surface area contributed by atoms with Gasteiger partial charge in [0.25, 0.3) is 0 Å². The minimum atomic E-state index is -0.151. The molecule has 91 valence electrons. The van der Waals surface area contributed by atoms with Crippen molar-refractivity contribution in [1.82, 2.24) is 0 Å². The van der Waals surface area contributed by atoms with Crippen LogP contribution in [0.15, 0.2) is 0 Å². The van der Waals surface area contributed by atoms with Gasteiger partial charge in [-0.2, -0.15) is 0 Å². The van der Waals surface area contributed by atoms with Crippen LogP contribution in [-0.2, 0) is 0 Å². The summed E-state index contributed by atoms with van der Waals surface area (Å²) in [5.74, 6) is 1.76. The van der Waals surface area contributed by atoms with Crippen LogP contribution in [0.25, 0.3) is 0 Å². The third kappa shape index (κ3) is 8.07. The Morgan fingerprint density at radius 1 is 0.800 bits per heavy atom. The van der Waals surface area contributed by atoms with E-state index in [4.69, 9.17) is 0 Å². The average molecular weight is 227 g/mol. The van der Waals surface area contributed by atoms with Crippen molar-refractivity contribution in [3.8, 4) is 0 Å². The van der Waals surface area contributed by atoms with Crippen LogP contribution in [0.1, 0.15) is 61.3 Å². The van der Waals surface area contributed by atoms with Crippen molar-refractivity contribution in [2.24, 2.45) is 11.8 Å². The number of rotatable bonds is 6. The highest BCUT2D eigenvalue weighted by molar-refractivity contribution is 6.62. The standard InChI is InChI=1S/C14H31Si/c1-12(2)8-10-15(14(5,6)7)11-9-13(3)4/h12-13H,8-11H2,1-7H3. The zero-order valence-corrected chi connectivity index (χ0v) is 13.0.